The van der Waals surface area contributed by atoms with Crippen molar-refractivity contribution >= 4 is 5.78 Å². The van der Waals surface area contributed by atoms with E-state index in [9.17, 15) is 9.18 Å². The summed E-state index contributed by atoms with van der Waals surface area (Å²) >= 11 is 0. The molecule has 0 heterocycles. The maximum Gasteiger partial charge on any atom is 0.166 e. The van der Waals surface area contributed by atoms with Crippen LogP contribution in [0.25, 0.3) is 0 Å². The van der Waals surface area contributed by atoms with E-state index in [0.717, 1.165) is 6.07 Å². The number of phenolic OH excluding ortho intramolecular Hbond substituents is 1. The van der Waals surface area contributed by atoms with Crippen LogP contribution < -0.4 is 0 Å². The van der Waals surface area contributed by atoms with Gasteiger partial charge < -0.3 is 5.11 Å². The third-order valence-corrected chi connectivity index (χ3v) is 1.61. The highest BCUT2D eigenvalue weighted by atomic mass is 19.1. The first-order chi connectivity index (χ1) is 6.66. The highest BCUT2D eigenvalue weighted by molar-refractivity contribution is 5.98. The molecule has 0 fully saturated rings. The second-order valence-electron chi connectivity index (χ2n) is 2.41. The van der Waals surface area contributed by atoms with Crippen LogP contribution in [0, 0.1) is 5.82 Å². The van der Waals surface area contributed by atoms with Crippen LogP contribution in [0.1, 0.15) is 37.6 Å². The Kier molecular flexibility index (Phi) is 5.53. The van der Waals surface area contributed by atoms with Gasteiger partial charge in [0.25, 0.3) is 0 Å². The van der Waals surface area contributed by atoms with Gasteiger partial charge in [-0.3, -0.25) is 4.79 Å². The van der Waals surface area contributed by atoms with E-state index < -0.39 is 11.6 Å². The Hall–Kier alpha value is -1.38. The number of Topliss-reactive ketones (excluding diaryl/α,β-unsaturated/α-hetero) is 1. The predicted molar refractivity (Wildman–Crippen MR) is 54.0 cm³/mol. The van der Waals surface area contributed by atoms with E-state index in [1.54, 1.807) is 6.92 Å². The van der Waals surface area contributed by atoms with Crippen LogP contribution in [0.3, 0.4) is 0 Å². The first-order valence-corrected chi connectivity index (χ1v) is 4.67. The number of phenols is 1. The van der Waals surface area contributed by atoms with Gasteiger partial charge in [-0.1, -0.05) is 26.8 Å². The molecule has 3 heteroatoms. The molecule has 0 saturated carbocycles. The van der Waals surface area contributed by atoms with Gasteiger partial charge in [0.1, 0.15) is 0 Å². The zero-order valence-corrected chi connectivity index (χ0v) is 8.67. The summed E-state index contributed by atoms with van der Waals surface area (Å²) in [7, 11) is 0. The summed E-state index contributed by atoms with van der Waals surface area (Å²) in [6.07, 6.45) is 0.261. The van der Waals surface area contributed by atoms with Gasteiger partial charge in [0, 0.05) is 6.42 Å². The Bertz CT molecular complexity index is 308. The predicted octanol–water partition coefficient (Wildman–Crippen LogP) is 3.15. The zero-order valence-electron chi connectivity index (χ0n) is 8.67. The fourth-order valence-corrected chi connectivity index (χ4v) is 0.931. The molecule has 1 aromatic carbocycles. The van der Waals surface area contributed by atoms with Crippen molar-refractivity contribution in [2.75, 3.05) is 0 Å². The van der Waals surface area contributed by atoms with E-state index in [1.165, 1.54) is 12.1 Å². The number of hydrogen-bond acceptors (Lipinski definition) is 2. The van der Waals surface area contributed by atoms with Crippen LogP contribution in [0.15, 0.2) is 18.2 Å². The van der Waals surface area contributed by atoms with Crippen molar-refractivity contribution in [2.45, 2.75) is 27.2 Å². The fourth-order valence-electron chi connectivity index (χ4n) is 0.931. The molecule has 0 aliphatic rings. The molecule has 0 atom stereocenters. The maximum absolute atomic E-state index is 12.7. The van der Waals surface area contributed by atoms with Gasteiger partial charge in [0.15, 0.2) is 17.3 Å². The van der Waals surface area contributed by atoms with Crippen molar-refractivity contribution in [1.82, 2.24) is 0 Å². The van der Waals surface area contributed by atoms with Crippen molar-refractivity contribution in [3.63, 3.8) is 0 Å². The van der Waals surface area contributed by atoms with E-state index in [2.05, 4.69) is 0 Å². The summed E-state index contributed by atoms with van der Waals surface area (Å²) < 4.78 is 12.7. The minimum absolute atomic E-state index is 0.0532. The Balaban J connectivity index is 0.000000791. The first kappa shape index (κ1) is 12.6. The normalized spacial score (nSPS) is 8.86. The topological polar surface area (TPSA) is 37.3 Å². The van der Waals surface area contributed by atoms with Crippen LogP contribution in [0.5, 0.6) is 5.75 Å². The van der Waals surface area contributed by atoms with Crippen LogP contribution >= 0.6 is 0 Å². The average Bonchev–Trinajstić information content (AvgIpc) is 2.24. The summed E-state index contributed by atoms with van der Waals surface area (Å²) in [5.41, 5.74) is 0.0532. The number of aromatic hydroxyl groups is 1. The summed E-state index contributed by atoms with van der Waals surface area (Å²) in [5, 5.41) is 9.10. The Morgan fingerprint density at radius 3 is 2.50 bits per heavy atom. The van der Waals surface area contributed by atoms with Crippen LogP contribution in [0.4, 0.5) is 4.39 Å². The molecule has 0 bridgehead atoms. The van der Waals surface area contributed by atoms with E-state index in [1.807, 2.05) is 13.8 Å². The van der Waals surface area contributed by atoms with Crippen molar-refractivity contribution in [3.05, 3.63) is 29.6 Å². The SMILES string of the molecule is CC.CCC(=O)c1cccc(F)c1O. The van der Waals surface area contributed by atoms with Gasteiger partial charge in [-0.2, -0.15) is 0 Å². The average molecular weight is 198 g/mol. The van der Waals surface area contributed by atoms with Crippen molar-refractivity contribution in [2.24, 2.45) is 0 Å². The maximum atomic E-state index is 12.7. The number of ketones is 1. The summed E-state index contributed by atoms with van der Waals surface area (Å²) in [4.78, 5) is 11.1. The van der Waals surface area contributed by atoms with Crippen LogP contribution in [-0.4, -0.2) is 10.9 Å². The largest absolute Gasteiger partial charge is 0.504 e. The second-order valence-corrected chi connectivity index (χ2v) is 2.41. The van der Waals surface area contributed by atoms with Crippen molar-refractivity contribution < 1.29 is 14.3 Å². The molecule has 0 unspecified atom stereocenters. The molecule has 0 saturated heterocycles. The molecule has 0 radical (unpaired) electrons. The van der Waals surface area contributed by atoms with E-state index in [-0.39, 0.29) is 17.8 Å². The lowest BCUT2D eigenvalue weighted by atomic mass is 10.1. The quantitative estimate of drug-likeness (QED) is 0.741. The van der Waals surface area contributed by atoms with Crippen molar-refractivity contribution in [1.29, 1.82) is 0 Å². The number of rotatable bonds is 2. The molecular weight excluding hydrogens is 183 g/mol. The molecule has 1 aromatic rings. The third kappa shape index (κ3) is 2.83. The second kappa shape index (κ2) is 6.13. The van der Waals surface area contributed by atoms with Gasteiger partial charge >= 0.3 is 0 Å². The number of halogens is 1. The fraction of sp³-hybridized carbons (Fsp3) is 0.364. The van der Waals surface area contributed by atoms with Gasteiger partial charge in [0.2, 0.25) is 0 Å². The number of carbonyl (C=O) groups excluding carboxylic acids is 1. The highest BCUT2D eigenvalue weighted by Gasteiger charge is 2.11. The standard InChI is InChI=1S/C9H9FO2.C2H6/c1-2-8(11)6-4-3-5-7(10)9(6)12;1-2/h3-5,12H,2H2,1H3;1-2H3. The molecule has 1 N–H and O–H groups in total. The van der Waals surface area contributed by atoms with Crippen LogP contribution in [0.2, 0.25) is 0 Å². The van der Waals surface area contributed by atoms with Crippen molar-refractivity contribution in [3.8, 4) is 5.75 Å². The highest BCUT2D eigenvalue weighted by Crippen LogP contribution is 2.21. The lowest BCUT2D eigenvalue weighted by molar-refractivity contribution is 0.0985. The minimum atomic E-state index is -0.755. The lowest BCUT2D eigenvalue weighted by Gasteiger charge is -2.01. The van der Waals surface area contributed by atoms with Gasteiger partial charge in [-0.25, -0.2) is 4.39 Å². The van der Waals surface area contributed by atoms with E-state index in [4.69, 9.17) is 5.11 Å². The minimum Gasteiger partial charge on any atom is -0.504 e. The molecule has 14 heavy (non-hydrogen) atoms. The summed E-state index contributed by atoms with van der Waals surface area (Å²) in [5.74, 6) is -1.56. The van der Waals surface area contributed by atoms with E-state index in [0.29, 0.717) is 0 Å². The smallest absolute Gasteiger partial charge is 0.166 e. The molecule has 0 amide bonds. The number of para-hydroxylation sites is 1. The molecule has 0 spiro atoms. The number of benzene rings is 1. The number of hydrogen-bond donors (Lipinski definition) is 1. The van der Waals surface area contributed by atoms with E-state index >= 15 is 0 Å². The van der Waals surface area contributed by atoms with Gasteiger partial charge in [-0.15, -0.1) is 0 Å². The summed E-state index contributed by atoms with van der Waals surface area (Å²) in [6.45, 7) is 5.66. The molecule has 0 aliphatic carbocycles. The molecule has 0 aliphatic heterocycles. The molecule has 0 aromatic heterocycles. The number of carbonyl (C=O) groups is 1. The van der Waals surface area contributed by atoms with Gasteiger partial charge in [0.05, 0.1) is 5.56 Å². The Morgan fingerprint density at radius 2 is 2.00 bits per heavy atom. The monoisotopic (exact) mass is 198 g/mol. The lowest BCUT2D eigenvalue weighted by Crippen LogP contribution is -1.97. The first-order valence-electron chi connectivity index (χ1n) is 4.67. The molecule has 78 valence electrons. The third-order valence-electron chi connectivity index (χ3n) is 1.61. The van der Waals surface area contributed by atoms with Gasteiger partial charge in [-0.05, 0) is 12.1 Å². The molecular formula is C11H15FO2. The molecule has 1 rings (SSSR count). The Morgan fingerprint density at radius 1 is 1.43 bits per heavy atom. The van der Waals surface area contributed by atoms with Crippen LogP contribution in [-0.2, 0) is 0 Å². The zero-order chi connectivity index (χ0) is 11.1. The summed E-state index contributed by atoms with van der Waals surface area (Å²) in [6, 6.07) is 3.92. The Labute approximate surface area is 83.4 Å². The molecule has 2 nitrogen and oxygen atoms in total.